The van der Waals surface area contributed by atoms with E-state index in [1.807, 2.05) is 18.2 Å². The first-order valence-corrected chi connectivity index (χ1v) is 19.1. The van der Waals surface area contributed by atoms with Crippen molar-refractivity contribution in [2.75, 3.05) is 20.3 Å². The first-order chi connectivity index (χ1) is 23.8. The number of allylic oxidation sites excluding steroid dienone is 3. The molecule has 8 rings (SSSR count). The molecule has 1 aromatic rings. The number of hydrogen-bond acceptors (Lipinski definition) is 8. The van der Waals surface area contributed by atoms with Gasteiger partial charge in [0.25, 0.3) is 0 Å². The third kappa shape index (κ3) is 5.77. The van der Waals surface area contributed by atoms with Crippen LogP contribution in [0.5, 0.6) is 5.75 Å². The summed E-state index contributed by atoms with van der Waals surface area (Å²) in [5, 5.41) is 10.6. The van der Waals surface area contributed by atoms with Crippen molar-refractivity contribution in [1.29, 1.82) is 0 Å². The van der Waals surface area contributed by atoms with Gasteiger partial charge in [0.05, 0.1) is 19.3 Å². The van der Waals surface area contributed by atoms with Gasteiger partial charge in [-0.25, -0.2) is 5.90 Å². The van der Waals surface area contributed by atoms with Crippen molar-refractivity contribution >= 4 is 17.5 Å². The largest absolute Gasteiger partial charge is 0.427 e. The molecule has 0 saturated heterocycles. The molecule has 3 N–H and O–H groups in total. The Morgan fingerprint density at radius 2 is 1.70 bits per heavy atom. The van der Waals surface area contributed by atoms with Gasteiger partial charge >= 0.3 is 5.97 Å². The summed E-state index contributed by atoms with van der Waals surface area (Å²) in [6, 6.07) is 6.02. The smallest absolute Gasteiger partial charge is 0.308 e. The Morgan fingerprint density at radius 1 is 0.920 bits per heavy atom. The van der Waals surface area contributed by atoms with Gasteiger partial charge in [0.15, 0.2) is 5.78 Å². The first-order valence-electron chi connectivity index (χ1n) is 19.1. The molecule has 0 spiro atoms. The second-order valence-electron chi connectivity index (χ2n) is 17.5. The number of methoxy groups -OCH3 is 1. The maximum absolute atomic E-state index is 12.5. The number of fused-ring (bicyclic) bond motifs is 10. The quantitative estimate of drug-likeness (QED) is 0.193. The third-order valence-electron chi connectivity index (χ3n) is 15.2. The molecule has 0 bridgehead atoms. The van der Waals surface area contributed by atoms with Crippen molar-refractivity contribution in [3.63, 3.8) is 0 Å². The van der Waals surface area contributed by atoms with Crippen molar-refractivity contribution in [2.24, 2.45) is 57.6 Å². The monoisotopic (exact) mass is 687 g/mol. The van der Waals surface area contributed by atoms with Crippen LogP contribution in [0.25, 0.3) is 0 Å². The van der Waals surface area contributed by atoms with E-state index in [2.05, 4.69) is 32.9 Å². The number of aliphatic hydroxyl groups is 1. The average molecular weight is 688 g/mol. The number of hydrogen-bond donors (Lipinski definition) is 2. The molecule has 0 radical (unpaired) electrons. The second kappa shape index (κ2) is 13.4. The van der Waals surface area contributed by atoms with Gasteiger partial charge in [-0.15, -0.1) is 0 Å². The van der Waals surface area contributed by atoms with Crippen LogP contribution in [0.15, 0.2) is 42.0 Å². The van der Waals surface area contributed by atoms with Crippen molar-refractivity contribution < 1.29 is 33.8 Å². The number of aliphatic hydroxyl groups excluding tert-OH is 1. The fraction of sp³-hybridized carbons (Fsp3) is 0.690. The molecule has 5 saturated carbocycles. The zero-order valence-electron chi connectivity index (χ0n) is 30.6. The number of esters is 1. The zero-order valence-corrected chi connectivity index (χ0v) is 30.6. The summed E-state index contributed by atoms with van der Waals surface area (Å²) >= 11 is 0. The minimum atomic E-state index is -0.307. The van der Waals surface area contributed by atoms with Crippen LogP contribution in [0.4, 0.5) is 0 Å². The Labute approximate surface area is 297 Å². The Hall–Kier alpha value is -2.65. The SMILES string of the molecule is CC(=O)Oc1ccc2c(c1)[C@H](CON)C[C@@H]1[C@@H]2CC[C@]2(C)C(O)CC[C@@H]12.COC[C@@H]1C[C@@H]2[C@H](CC[C@]3(C)C(=O)CC[C@@H]23)[C@@]2(C)C=CC(=O)C=C12. The molecule has 7 aliphatic carbocycles. The molecule has 0 heterocycles. The third-order valence-corrected chi connectivity index (χ3v) is 15.2. The van der Waals surface area contributed by atoms with Crippen LogP contribution in [0.1, 0.15) is 115 Å². The number of rotatable bonds is 5. The zero-order chi connectivity index (χ0) is 35.6. The molecule has 0 amide bonds. The van der Waals surface area contributed by atoms with Gasteiger partial charge in [-0.1, -0.05) is 38.5 Å². The van der Waals surface area contributed by atoms with Crippen molar-refractivity contribution in [1.82, 2.24) is 0 Å². The predicted octanol–water partition coefficient (Wildman–Crippen LogP) is 7.00. The number of ketones is 2. The maximum atomic E-state index is 12.5. The number of Topliss-reactive ketones (excluding diaryl/α,β-unsaturated/α-hetero) is 1. The lowest BCUT2D eigenvalue weighted by Gasteiger charge is -2.57. The summed E-state index contributed by atoms with van der Waals surface area (Å²) in [4.78, 5) is 40.9. The van der Waals surface area contributed by atoms with Crippen molar-refractivity contribution in [2.45, 2.75) is 110 Å². The summed E-state index contributed by atoms with van der Waals surface area (Å²) in [5.74, 6) is 10.0. The van der Waals surface area contributed by atoms with Gasteiger partial charge in [0.1, 0.15) is 11.5 Å². The number of carbonyl (C=O) groups excluding carboxylic acids is 3. The van der Waals surface area contributed by atoms with Gasteiger partial charge in [0, 0.05) is 43.1 Å². The van der Waals surface area contributed by atoms with Crippen molar-refractivity contribution in [3.8, 4) is 5.75 Å². The average Bonchev–Trinajstić information content (AvgIpc) is 3.56. The highest BCUT2D eigenvalue weighted by atomic mass is 16.6. The number of benzene rings is 1. The fourth-order valence-electron chi connectivity index (χ4n) is 12.7. The summed E-state index contributed by atoms with van der Waals surface area (Å²) in [7, 11) is 1.74. The van der Waals surface area contributed by atoms with E-state index in [1.165, 1.54) is 23.6 Å². The molecule has 1 unspecified atom stereocenters. The lowest BCUT2D eigenvalue weighted by atomic mass is 9.46. The fourth-order valence-corrected chi connectivity index (χ4v) is 12.7. The predicted molar refractivity (Wildman–Crippen MR) is 190 cm³/mol. The molecule has 50 heavy (non-hydrogen) atoms. The first kappa shape index (κ1) is 35.7. The second-order valence-corrected chi connectivity index (χ2v) is 17.5. The standard InChI is InChI=1S/C21H29NO4.C21H28O3/c1-12(23)26-14-3-4-15-16-7-8-21(2)19(5-6-20(21)24)18(16)9-13(11-25-22)17(15)10-14;1-20-8-6-14(22)11-18(20)13(12-24-3)10-15-16-4-5-19(23)21(16,2)9-7-17(15)20/h3-4,10,13,16,18-20,24H,5-9,11,22H2,1-2H3;6,8,11,13,15-17H,4-5,7,9-10,12H2,1-3H3/t13-,16+,18+,19-,20?,21-;13-,15-,16-,17-,20+,21-/m00/s1. The highest BCUT2D eigenvalue weighted by Crippen LogP contribution is 2.65. The number of nitrogens with two attached hydrogens (primary N) is 1. The van der Waals surface area contributed by atoms with Crippen LogP contribution in [0.3, 0.4) is 0 Å². The van der Waals surface area contributed by atoms with E-state index < -0.39 is 0 Å². The summed E-state index contributed by atoms with van der Waals surface area (Å²) < 4.78 is 10.8. The maximum Gasteiger partial charge on any atom is 0.308 e. The van der Waals surface area contributed by atoms with E-state index in [0.29, 0.717) is 66.2 Å². The lowest BCUT2D eigenvalue weighted by molar-refractivity contribution is -0.133. The molecule has 0 aromatic heterocycles. The van der Waals surface area contributed by atoms with E-state index in [9.17, 15) is 19.5 Å². The van der Waals surface area contributed by atoms with Crippen LogP contribution < -0.4 is 10.6 Å². The van der Waals surface area contributed by atoms with E-state index in [1.54, 1.807) is 13.2 Å². The van der Waals surface area contributed by atoms with Gasteiger partial charge in [-0.3, -0.25) is 14.4 Å². The topological polar surface area (TPSA) is 125 Å². The molecule has 8 heteroatoms. The normalized spacial score (nSPS) is 42.5. The molecule has 5 fully saturated rings. The molecular formula is C42H57NO7. The molecular weight excluding hydrogens is 630 g/mol. The van der Waals surface area contributed by atoms with E-state index in [0.717, 1.165) is 64.2 Å². The number of ether oxygens (including phenoxy) is 2. The van der Waals surface area contributed by atoms with Crippen LogP contribution >= 0.6 is 0 Å². The molecule has 0 aliphatic heterocycles. The van der Waals surface area contributed by atoms with Crippen LogP contribution in [0, 0.1) is 51.8 Å². The summed E-state index contributed by atoms with van der Waals surface area (Å²) in [6.45, 7) is 9.35. The highest BCUT2D eigenvalue weighted by Gasteiger charge is 2.60. The number of carbonyl (C=O) groups is 3. The van der Waals surface area contributed by atoms with Gasteiger partial charge < -0.3 is 19.4 Å². The molecule has 8 nitrogen and oxygen atoms in total. The van der Waals surface area contributed by atoms with Gasteiger partial charge in [0.2, 0.25) is 0 Å². The molecule has 272 valence electrons. The van der Waals surface area contributed by atoms with Crippen LogP contribution in [-0.4, -0.2) is 49.1 Å². The molecule has 7 aliphatic rings. The minimum Gasteiger partial charge on any atom is -0.427 e. The van der Waals surface area contributed by atoms with Crippen LogP contribution in [0.2, 0.25) is 0 Å². The highest BCUT2D eigenvalue weighted by molar-refractivity contribution is 6.01. The van der Waals surface area contributed by atoms with E-state index in [-0.39, 0.29) is 40.0 Å². The Kier molecular flexibility index (Phi) is 9.58. The van der Waals surface area contributed by atoms with Crippen molar-refractivity contribution in [3.05, 3.63) is 53.1 Å². The lowest BCUT2D eigenvalue weighted by Crippen LogP contribution is -2.52. The summed E-state index contributed by atoms with van der Waals surface area (Å²) in [6.07, 6.45) is 15.8. The minimum absolute atomic E-state index is 0.0461. The Bertz CT molecular complexity index is 1580. The van der Waals surface area contributed by atoms with Gasteiger partial charge in [-0.2, -0.15) is 0 Å². The van der Waals surface area contributed by atoms with E-state index >= 15 is 0 Å². The van der Waals surface area contributed by atoms with Gasteiger partial charge in [-0.05, 0) is 134 Å². The molecule has 12 atom stereocenters. The van der Waals surface area contributed by atoms with Crippen LogP contribution in [-0.2, 0) is 24.0 Å². The Morgan fingerprint density at radius 3 is 2.44 bits per heavy atom. The van der Waals surface area contributed by atoms with E-state index in [4.69, 9.17) is 20.2 Å². The molecule has 1 aromatic carbocycles. The Balaban J connectivity index is 0.000000157. The summed E-state index contributed by atoms with van der Waals surface area (Å²) in [5.41, 5.74) is 3.72.